The number of sulfonamides is 1. The molecule has 2 rings (SSSR count). The van der Waals surface area contributed by atoms with Crippen LogP contribution in [0.4, 0.5) is 5.69 Å². The van der Waals surface area contributed by atoms with E-state index in [1.807, 2.05) is 64.1 Å². The van der Waals surface area contributed by atoms with E-state index in [1.54, 1.807) is 0 Å². The summed E-state index contributed by atoms with van der Waals surface area (Å²) in [6, 6.07) is 11.8. The molecular formula is C21H28N2O3S. The van der Waals surface area contributed by atoms with Crippen molar-refractivity contribution < 1.29 is 13.2 Å². The molecule has 0 unspecified atom stereocenters. The number of benzene rings is 2. The third kappa shape index (κ3) is 5.82. The molecule has 0 fully saturated rings. The molecule has 0 heterocycles. The van der Waals surface area contributed by atoms with E-state index in [-0.39, 0.29) is 18.9 Å². The molecule has 0 bridgehead atoms. The van der Waals surface area contributed by atoms with Gasteiger partial charge in [-0.2, -0.15) is 0 Å². The van der Waals surface area contributed by atoms with E-state index in [2.05, 4.69) is 5.32 Å². The highest BCUT2D eigenvalue weighted by molar-refractivity contribution is 7.92. The zero-order valence-electron chi connectivity index (χ0n) is 16.7. The maximum atomic E-state index is 12.3. The SMILES string of the molecule is Cc1cccc(CNC(=O)CCN(c2c(C)cc(C)cc2C)S(C)(=O)=O)c1. The first-order valence-electron chi connectivity index (χ1n) is 8.95. The fourth-order valence-electron chi connectivity index (χ4n) is 3.32. The van der Waals surface area contributed by atoms with Crippen molar-refractivity contribution in [3.05, 3.63) is 64.2 Å². The lowest BCUT2D eigenvalue weighted by molar-refractivity contribution is -0.121. The normalized spacial score (nSPS) is 11.3. The summed E-state index contributed by atoms with van der Waals surface area (Å²) in [5.74, 6) is -0.174. The van der Waals surface area contributed by atoms with Gasteiger partial charge in [-0.3, -0.25) is 9.10 Å². The second-order valence-electron chi connectivity index (χ2n) is 7.10. The Morgan fingerprint density at radius 2 is 1.63 bits per heavy atom. The van der Waals surface area contributed by atoms with Crippen LogP contribution in [0.5, 0.6) is 0 Å². The lowest BCUT2D eigenvalue weighted by Crippen LogP contribution is -2.35. The minimum Gasteiger partial charge on any atom is -0.352 e. The van der Waals surface area contributed by atoms with Crippen molar-refractivity contribution >= 4 is 21.6 Å². The molecule has 5 nitrogen and oxygen atoms in total. The topological polar surface area (TPSA) is 66.5 Å². The molecule has 0 aliphatic heterocycles. The Bertz CT molecular complexity index is 913. The highest BCUT2D eigenvalue weighted by atomic mass is 32.2. The number of anilines is 1. The standard InChI is InChI=1S/C21H28N2O3S/c1-15-7-6-8-19(13-15)14-22-20(24)9-10-23(27(5,25)26)21-17(3)11-16(2)12-18(21)4/h6-8,11-13H,9-10,14H2,1-5H3,(H,22,24). The van der Waals surface area contributed by atoms with Gasteiger partial charge >= 0.3 is 0 Å². The van der Waals surface area contributed by atoms with Crippen LogP contribution < -0.4 is 9.62 Å². The Morgan fingerprint density at radius 1 is 1.00 bits per heavy atom. The molecule has 0 aliphatic rings. The molecule has 1 amide bonds. The van der Waals surface area contributed by atoms with Crippen LogP contribution in [-0.2, 0) is 21.4 Å². The first-order valence-corrected chi connectivity index (χ1v) is 10.8. The largest absolute Gasteiger partial charge is 0.352 e. The molecule has 0 saturated carbocycles. The van der Waals surface area contributed by atoms with Crippen LogP contribution in [0, 0.1) is 27.7 Å². The van der Waals surface area contributed by atoms with Crippen molar-refractivity contribution in [1.82, 2.24) is 5.32 Å². The van der Waals surface area contributed by atoms with Gasteiger partial charge in [0, 0.05) is 19.5 Å². The molecular weight excluding hydrogens is 360 g/mol. The van der Waals surface area contributed by atoms with Crippen LogP contribution >= 0.6 is 0 Å². The van der Waals surface area contributed by atoms with Gasteiger partial charge in [0.1, 0.15) is 0 Å². The fourth-order valence-corrected chi connectivity index (χ4v) is 4.37. The van der Waals surface area contributed by atoms with Crippen molar-refractivity contribution in [3.63, 3.8) is 0 Å². The summed E-state index contributed by atoms with van der Waals surface area (Å²) in [6.45, 7) is 8.32. The fraction of sp³-hybridized carbons (Fsp3) is 0.381. The summed E-state index contributed by atoms with van der Waals surface area (Å²) in [5.41, 5.74) is 5.67. The van der Waals surface area contributed by atoms with Gasteiger partial charge in [-0.25, -0.2) is 8.42 Å². The van der Waals surface area contributed by atoms with E-state index < -0.39 is 10.0 Å². The summed E-state index contributed by atoms with van der Waals surface area (Å²) in [4.78, 5) is 12.3. The maximum absolute atomic E-state index is 12.3. The van der Waals surface area contributed by atoms with Crippen molar-refractivity contribution in [2.24, 2.45) is 0 Å². The first-order chi connectivity index (χ1) is 12.6. The van der Waals surface area contributed by atoms with Crippen LogP contribution in [0.25, 0.3) is 0 Å². The van der Waals surface area contributed by atoms with Crippen molar-refractivity contribution in [2.45, 2.75) is 40.7 Å². The van der Waals surface area contributed by atoms with Gasteiger partial charge in [-0.15, -0.1) is 0 Å². The molecule has 0 aromatic heterocycles. The molecule has 2 aromatic carbocycles. The number of nitrogens with one attached hydrogen (secondary N) is 1. The number of amides is 1. The molecule has 146 valence electrons. The molecule has 6 heteroatoms. The van der Waals surface area contributed by atoms with Gasteiger partial charge in [0.25, 0.3) is 0 Å². The summed E-state index contributed by atoms with van der Waals surface area (Å²) in [5, 5.41) is 2.86. The molecule has 0 atom stereocenters. The number of carbonyl (C=O) groups excluding carboxylic acids is 1. The average Bonchev–Trinajstić information content (AvgIpc) is 2.54. The van der Waals surface area contributed by atoms with Gasteiger partial charge in [-0.1, -0.05) is 47.5 Å². The predicted octanol–water partition coefficient (Wildman–Crippen LogP) is 3.39. The number of rotatable bonds is 7. The maximum Gasteiger partial charge on any atom is 0.232 e. The van der Waals surface area contributed by atoms with Crippen molar-refractivity contribution in [1.29, 1.82) is 0 Å². The Kier molecular flexibility index (Phi) is 6.65. The van der Waals surface area contributed by atoms with Crippen LogP contribution in [0.1, 0.15) is 34.2 Å². The highest BCUT2D eigenvalue weighted by Crippen LogP contribution is 2.28. The van der Waals surface area contributed by atoms with E-state index in [0.717, 1.165) is 27.8 Å². The zero-order valence-corrected chi connectivity index (χ0v) is 17.5. The third-order valence-corrected chi connectivity index (χ3v) is 5.57. The van der Waals surface area contributed by atoms with Crippen LogP contribution in [0.2, 0.25) is 0 Å². The average molecular weight is 389 g/mol. The number of aryl methyl sites for hydroxylation is 4. The highest BCUT2D eigenvalue weighted by Gasteiger charge is 2.22. The number of hydrogen-bond donors (Lipinski definition) is 1. The number of hydrogen-bond acceptors (Lipinski definition) is 3. The lowest BCUT2D eigenvalue weighted by atomic mass is 10.1. The van der Waals surface area contributed by atoms with Crippen LogP contribution in [0.15, 0.2) is 36.4 Å². The van der Waals surface area contributed by atoms with Crippen LogP contribution in [-0.4, -0.2) is 27.1 Å². The second kappa shape index (κ2) is 8.57. The van der Waals surface area contributed by atoms with Gasteiger partial charge in [0.2, 0.25) is 15.9 Å². The van der Waals surface area contributed by atoms with Gasteiger partial charge in [0.15, 0.2) is 0 Å². The molecule has 27 heavy (non-hydrogen) atoms. The quantitative estimate of drug-likeness (QED) is 0.791. The summed E-state index contributed by atoms with van der Waals surface area (Å²) >= 11 is 0. The smallest absolute Gasteiger partial charge is 0.232 e. The Labute approximate surface area is 162 Å². The minimum absolute atomic E-state index is 0.103. The van der Waals surface area contributed by atoms with E-state index in [0.29, 0.717) is 12.2 Å². The van der Waals surface area contributed by atoms with Gasteiger partial charge in [-0.05, 0) is 44.4 Å². The lowest BCUT2D eigenvalue weighted by Gasteiger charge is -2.26. The molecule has 1 N–H and O–H groups in total. The zero-order chi connectivity index (χ0) is 20.2. The monoisotopic (exact) mass is 388 g/mol. The third-order valence-electron chi connectivity index (χ3n) is 4.40. The summed E-state index contributed by atoms with van der Waals surface area (Å²) in [7, 11) is -3.49. The van der Waals surface area contributed by atoms with E-state index in [1.165, 1.54) is 10.6 Å². The number of nitrogens with zero attached hydrogens (tertiary/aromatic N) is 1. The van der Waals surface area contributed by atoms with E-state index in [9.17, 15) is 13.2 Å². The molecule has 0 radical (unpaired) electrons. The molecule has 0 aliphatic carbocycles. The van der Waals surface area contributed by atoms with Crippen LogP contribution in [0.3, 0.4) is 0 Å². The van der Waals surface area contributed by atoms with Gasteiger partial charge < -0.3 is 5.32 Å². The summed E-state index contributed by atoms with van der Waals surface area (Å²) < 4.78 is 26.0. The predicted molar refractivity (Wildman–Crippen MR) is 110 cm³/mol. The molecule has 2 aromatic rings. The van der Waals surface area contributed by atoms with E-state index in [4.69, 9.17) is 0 Å². The molecule has 0 spiro atoms. The van der Waals surface area contributed by atoms with E-state index >= 15 is 0 Å². The van der Waals surface area contributed by atoms with Crippen molar-refractivity contribution in [3.8, 4) is 0 Å². The molecule has 0 saturated heterocycles. The Hall–Kier alpha value is -2.34. The first kappa shape index (κ1) is 21.0. The van der Waals surface area contributed by atoms with Gasteiger partial charge in [0.05, 0.1) is 11.9 Å². The Balaban J connectivity index is 2.08. The second-order valence-corrected chi connectivity index (χ2v) is 9.01. The Morgan fingerprint density at radius 3 is 2.19 bits per heavy atom. The minimum atomic E-state index is -3.49. The van der Waals surface area contributed by atoms with Crippen molar-refractivity contribution in [2.75, 3.05) is 17.1 Å². The summed E-state index contributed by atoms with van der Waals surface area (Å²) in [6.07, 6.45) is 1.28. The number of carbonyl (C=O) groups is 1.